The van der Waals surface area contributed by atoms with E-state index < -0.39 is 0 Å². The van der Waals surface area contributed by atoms with Gasteiger partial charge >= 0.3 is 0 Å². The summed E-state index contributed by atoms with van der Waals surface area (Å²) in [7, 11) is 1.98. The number of rotatable bonds is 6. The number of thioether (sulfide) groups is 1. The Kier molecular flexibility index (Phi) is 7.12. The molecule has 0 aliphatic carbocycles. The third-order valence-electron chi connectivity index (χ3n) is 1.74. The zero-order chi connectivity index (χ0) is 8.69. The van der Waals surface area contributed by atoms with Gasteiger partial charge in [0, 0.05) is 17.0 Å². The summed E-state index contributed by atoms with van der Waals surface area (Å²) in [5.74, 6) is 1.09. The number of aliphatic hydroxyl groups is 1. The Morgan fingerprint density at radius 1 is 1.55 bits per heavy atom. The largest absolute Gasteiger partial charge is 0.395 e. The van der Waals surface area contributed by atoms with Crippen LogP contribution < -0.4 is 5.32 Å². The van der Waals surface area contributed by atoms with Crippen molar-refractivity contribution in [2.45, 2.75) is 31.6 Å². The molecule has 0 aromatic carbocycles. The summed E-state index contributed by atoms with van der Waals surface area (Å²) in [5.41, 5.74) is 0. The van der Waals surface area contributed by atoms with Crippen molar-refractivity contribution < 1.29 is 5.11 Å². The van der Waals surface area contributed by atoms with Gasteiger partial charge in [0.25, 0.3) is 0 Å². The average molecular weight is 177 g/mol. The Morgan fingerprint density at radius 3 is 2.55 bits per heavy atom. The molecule has 2 nitrogen and oxygen atoms in total. The maximum absolute atomic E-state index is 8.75. The van der Waals surface area contributed by atoms with Crippen LogP contribution in [0.5, 0.6) is 0 Å². The summed E-state index contributed by atoms with van der Waals surface area (Å²) in [6.45, 7) is 4.50. The quantitative estimate of drug-likeness (QED) is 0.637. The molecule has 2 atom stereocenters. The molecule has 0 radical (unpaired) electrons. The van der Waals surface area contributed by atoms with E-state index in [1.807, 2.05) is 25.7 Å². The molecule has 0 saturated heterocycles. The summed E-state index contributed by atoms with van der Waals surface area (Å²) in [5, 5.41) is 12.4. The molecular weight excluding hydrogens is 158 g/mol. The van der Waals surface area contributed by atoms with Gasteiger partial charge in [0.05, 0.1) is 6.61 Å². The Balaban J connectivity index is 3.34. The van der Waals surface area contributed by atoms with Crippen LogP contribution in [0.3, 0.4) is 0 Å². The van der Waals surface area contributed by atoms with Crippen LogP contribution in [0.2, 0.25) is 0 Å². The van der Waals surface area contributed by atoms with Gasteiger partial charge in [0.1, 0.15) is 0 Å². The highest BCUT2D eigenvalue weighted by atomic mass is 32.2. The van der Waals surface area contributed by atoms with E-state index in [1.54, 1.807) is 0 Å². The van der Waals surface area contributed by atoms with E-state index in [9.17, 15) is 0 Å². The van der Waals surface area contributed by atoms with Gasteiger partial charge < -0.3 is 10.4 Å². The van der Waals surface area contributed by atoms with Crippen molar-refractivity contribution in [3.05, 3.63) is 0 Å². The van der Waals surface area contributed by atoms with Crippen LogP contribution in [0.4, 0.5) is 0 Å². The highest BCUT2D eigenvalue weighted by Crippen LogP contribution is 2.11. The van der Waals surface area contributed by atoms with Crippen molar-refractivity contribution >= 4 is 11.8 Å². The van der Waals surface area contributed by atoms with Gasteiger partial charge in [-0.05, 0) is 13.5 Å². The fourth-order valence-corrected chi connectivity index (χ4v) is 1.81. The van der Waals surface area contributed by atoms with E-state index in [4.69, 9.17) is 5.11 Å². The van der Waals surface area contributed by atoms with Crippen LogP contribution in [0.15, 0.2) is 0 Å². The lowest BCUT2D eigenvalue weighted by atomic mass is 10.3. The van der Waals surface area contributed by atoms with Crippen molar-refractivity contribution in [3.8, 4) is 0 Å². The monoisotopic (exact) mass is 177 g/mol. The Hall–Kier alpha value is 0.270. The van der Waals surface area contributed by atoms with Gasteiger partial charge in [-0.25, -0.2) is 0 Å². The van der Waals surface area contributed by atoms with Crippen LogP contribution in [-0.2, 0) is 0 Å². The molecular formula is C8H19NOS. The minimum Gasteiger partial charge on any atom is -0.395 e. The molecule has 0 aromatic rings. The highest BCUT2D eigenvalue weighted by Gasteiger charge is 2.05. The maximum Gasteiger partial charge on any atom is 0.0547 e. The molecule has 0 rings (SSSR count). The number of nitrogens with one attached hydrogen (secondary N) is 1. The Labute approximate surface area is 73.8 Å². The molecule has 11 heavy (non-hydrogen) atoms. The van der Waals surface area contributed by atoms with E-state index in [-0.39, 0.29) is 6.61 Å². The maximum atomic E-state index is 8.75. The van der Waals surface area contributed by atoms with Gasteiger partial charge in [0.15, 0.2) is 0 Å². The van der Waals surface area contributed by atoms with E-state index in [0.717, 1.165) is 12.2 Å². The molecule has 0 saturated carbocycles. The molecule has 0 aliphatic rings. The second-order valence-electron chi connectivity index (χ2n) is 2.72. The minimum atomic E-state index is 0.283. The topological polar surface area (TPSA) is 32.3 Å². The van der Waals surface area contributed by atoms with Crippen molar-refractivity contribution in [3.63, 3.8) is 0 Å². The lowest BCUT2D eigenvalue weighted by Gasteiger charge is -2.15. The van der Waals surface area contributed by atoms with Crippen molar-refractivity contribution in [1.29, 1.82) is 0 Å². The lowest BCUT2D eigenvalue weighted by molar-refractivity contribution is 0.300. The van der Waals surface area contributed by atoms with Crippen LogP contribution in [-0.4, -0.2) is 35.8 Å². The average Bonchev–Trinajstić information content (AvgIpc) is 2.06. The minimum absolute atomic E-state index is 0.283. The van der Waals surface area contributed by atoms with Gasteiger partial charge in [-0.1, -0.05) is 13.8 Å². The van der Waals surface area contributed by atoms with Crippen LogP contribution in [0.25, 0.3) is 0 Å². The Morgan fingerprint density at radius 2 is 2.18 bits per heavy atom. The summed E-state index contributed by atoms with van der Waals surface area (Å²) >= 11 is 1.82. The summed E-state index contributed by atoms with van der Waals surface area (Å²) < 4.78 is 0. The van der Waals surface area contributed by atoms with Crippen molar-refractivity contribution in [1.82, 2.24) is 5.32 Å². The number of aliphatic hydroxyl groups excluding tert-OH is 1. The van der Waals surface area contributed by atoms with Crippen LogP contribution in [0, 0.1) is 0 Å². The fourth-order valence-electron chi connectivity index (χ4n) is 0.738. The van der Waals surface area contributed by atoms with E-state index >= 15 is 0 Å². The second kappa shape index (κ2) is 6.95. The SMILES string of the molecule is CCC(CSC(C)CO)NC. The molecule has 2 unspecified atom stereocenters. The van der Waals surface area contributed by atoms with Crippen LogP contribution in [0.1, 0.15) is 20.3 Å². The number of hydrogen-bond acceptors (Lipinski definition) is 3. The molecule has 0 bridgehead atoms. The van der Waals surface area contributed by atoms with E-state index in [2.05, 4.69) is 12.2 Å². The second-order valence-corrected chi connectivity index (χ2v) is 4.19. The van der Waals surface area contributed by atoms with Crippen molar-refractivity contribution in [2.24, 2.45) is 0 Å². The summed E-state index contributed by atoms with van der Waals surface area (Å²) in [6.07, 6.45) is 1.15. The zero-order valence-electron chi connectivity index (χ0n) is 7.63. The standard InChI is InChI=1S/C8H19NOS/c1-4-8(9-3)6-11-7(2)5-10/h7-10H,4-6H2,1-3H3. The van der Waals surface area contributed by atoms with Gasteiger partial charge in [-0.3, -0.25) is 0 Å². The van der Waals surface area contributed by atoms with E-state index in [1.165, 1.54) is 0 Å². The third-order valence-corrected chi connectivity index (χ3v) is 3.05. The molecule has 0 amide bonds. The van der Waals surface area contributed by atoms with Gasteiger partial charge in [-0.15, -0.1) is 0 Å². The first-order valence-corrected chi connectivity index (χ1v) is 5.19. The molecule has 0 aromatic heterocycles. The first-order chi connectivity index (χ1) is 5.24. The fraction of sp³-hybridized carbons (Fsp3) is 1.00. The van der Waals surface area contributed by atoms with E-state index in [0.29, 0.717) is 11.3 Å². The number of hydrogen-bond donors (Lipinski definition) is 2. The summed E-state index contributed by atoms with van der Waals surface area (Å²) in [4.78, 5) is 0. The zero-order valence-corrected chi connectivity index (χ0v) is 8.45. The molecule has 2 N–H and O–H groups in total. The lowest BCUT2D eigenvalue weighted by Crippen LogP contribution is -2.27. The smallest absolute Gasteiger partial charge is 0.0547 e. The molecule has 68 valence electrons. The first-order valence-electron chi connectivity index (χ1n) is 4.14. The summed E-state index contributed by atoms with van der Waals surface area (Å²) in [6, 6.07) is 0.592. The first kappa shape index (κ1) is 11.3. The molecule has 0 fully saturated rings. The Bertz CT molecular complexity index is 86.2. The molecule has 0 heterocycles. The highest BCUT2D eigenvalue weighted by molar-refractivity contribution is 7.99. The van der Waals surface area contributed by atoms with Gasteiger partial charge in [-0.2, -0.15) is 11.8 Å². The van der Waals surface area contributed by atoms with Gasteiger partial charge in [0.2, 0.25) is 0 Å². The third kappa shape index (κ3) is 5.53. The van der Waals surface area contributed by atoms with Crippen molar-refractivity contribution in [2.75, 3.05) is 19.4 Å². The predicted octanol–water partition coefficient (Wildman–Crippen LogP) is 1.10. The predicted molar refractivity (Wildman–Crippen MR) is 52.1 cm³/mol. The van der Waals surface area contributed by atoms with Crippen LogP contribution >= 0.6 is 11.8 Å². The normalized spacial score (nSPS) is 16.4. The molecule has 3 heteroatoms. The molecule has 0 aliphatic heterocycles. The molecule has 0 spiro atoms.